The summed E-state index contributed by atoms with van der Waals surface area (Å²) in [5.41, 5.74) is 1.34. The first kappa shape index (κ1) is 48.2. The molecule has 272 valence electrons. The minimum Gasteiger partial charge on any atom is -0.497 e. The van der Waals surface area contributed by atoms with E-state index in [-0.39, 0.29) is 25.5 Å². The van der Waals surface area contributed by atoms with Crippen LogP contribution in [-0.4, -0.2) is 76.9 Å². The van der Waals surface area contributed by atoms with Gasteiger partial charge >= 0.3 is 0 Å². The van der Waals surface area contributed by atoms with Crippen LogP contribution in [0, 0.1) is 7.43 Å². The van der Waals surface area contributed by atoms with Gasteiger partial charge in [-0.15, -0.1) is 0 Å². The summed E-state index contributed by atoms with van der Waals surface area (Å²) in [5.74, 6) is 3.69. The number of carboxylic acids is 1. The van der Waals surface area contributed by atoms with Crippen molar-refractivity contribution >= 4 is 24.0 Å². The second kappa shape index (κ2) is 30.2. The topological polar surface area (TPSA) is 164 Å². The Morgan fingerprint density at radius 3 is 1.14 bits per heavy atom. The van der Waals surface area contributed by atoms with Crippen LogP contribution in [-0.2, 0) is 9.59 Å². The van der Waals surface area contributed by atoms with Crippen molar-refractivity contribution in [1.29, 1.82) is 0 Å². The van der Waals surface area contributed by atoms with Crippen LogP contribution in [0.1, 0.15) is 41.5 Å². The van der Waals surface area contributed by atoms with Gasteiger partial charge in [-0.1, -0.05) is 30.3 Å². The van der Waals surface area contributed by atoms with Crippen LogP contribution in [0.3, 0.4) is 0 Å². The summed E-state index contributed by atoms with van der Waals surface area (Å²) in [6.45, 7) is 3.89. The highest BCUT2D eigenvalue weighted by atomic mass is 16.5. The van der Waals surface area contributed by atoms with Crippen LogP contribution in [0.4, 0.5) is 0 Å². The van der Waals surface area contributed by atoms with Crippen molar-refractivity contribution in [2.24, 2.45) is 0 Å². The summed E-state index contributed by atoms with van der Waals surface area (Å²) >= 11 is 0. The maximum absolute atomic E-state index is 11.0. The second-order valence-corrected chi connectivity index (χ2v) is 8.91. The van der Waals surface area contributed by atoms with Crippen LogP contribution in [0.25, 0.3) is 0 Å². The van der Waals surface area contributed by atoms with Gasteiger partial charge in [0.2, 0.25) is 0 Å². The largest absolute Gasteiger partial charge is 0.497 e. The quantitative estimate of drug-likeness (QED) is 0.106. The summed E-state index contributed by atoms with van der Waals surface area (Å²) < 4.78 is 30.0. The molecule has 0 heterocycles. The molecule has 0 spiro atoms. The molecular formula is C38H49O12+. The average molecular weight is 698 g/mol. The highest BCUT2D eigenvalue weighted by molar-refractivity contribution is 5.95. The van der Waals surface area contributed by atoms with Gasteiger partial charge in [-0.25, -0.2) is 0 Å². The van der Waals surface area contributed by atoms with E-state index in [4.69, 9.17) is 48.2 Å². The summed E-state index contributed by atoms with van der Waals surface area (Å²) in [5, 5.41) is 14.3. The van der Waals surface area contributed by atoms with Crippen LogP contribution in [0.5, 0.6) is 34.5 Å². The predicted octanol–water partition coefficient (Wildman–Crippen LogP) is 7.45. The molecule has 0 fully saturated rings. The Morgan fingerprint density at radius 2 is 0.820 bits per heavy atom. The molecule has 0 saturated carbocycles. The Hall–Kier alpha value is -6.17. The van der Waals surface area contributed by atoms with Crippen molar-refractivity contribution in [1.82, 2.24) is 0 Å². The van der Waals surface area contributed by atoms with Gasteiger partial charge in [-0.2, -0.15) is 0 Å². The Labute approximate surface area is 295 Å². The number of ether oxygens (including phenoxy) is 6. The Kier molecular flexibility index (Phi) is 29.1. The molecule has 4 rings (SSSR count). The van der Waals surface area contributed by atoms with Crippen LogP contribution >= 0.6 is 0 Å². The van der Waals surface area contributed by atoms with E-state index in [1.54, 1.807) is 92.0 Å². The molecule has 0 aliphatic heterocycles. The number of aliphatic carboxylic acids is 1. The highest BCUT2D eigenvalue weighted by Crippen LogP contribution is 2.27. The normalized spacial score (nSPS) is 8.42. The van der Waals surface area contributed by atoms with E-state index >= 15 is 0 Å². The zero-order valence-electron chi connectivity index (χ0n) is 30.3. The predicted molar refractivity (Wildman–Crippen MR) is 194 cm³/mol. The van der Waals surface area contributed by atoms with E-state index in [9.17, 15) is 9.59 Å². The van der Waals surface area contributed by atoms with E-state index in [0.717, 1.165) is 29.9 Å². The van der Waals surface area contributed by atoms with Crippen LogP contribution in [0.15, 0.2) is 97.1 Å². The molecule has 0 aliphatic rings. The number of hydrogen-bond acceptors (Lipinski definition) is 10. The molecule has 50 heavy (non-hydrogen) atoms. The van der Waals surface area contributed by atoms with E-state index in [0.29, 0.717) is 22.6 Å². The average Bonchev–Trinajstić information content (AvgIpc) is 3.12. The van der Waals surface area contributed by atoms with Crippen molar-refractivity contribution in [2.75, 3.05) is 42.7 Å². The Balaban J connectivity index is -0.000000555. The number of carboxylic acid groups (broad SMARTS) is 2. The molecule has 4 aromatic carbocycles. The molecule has 4 aromatic rings. The second-order valence-electron chi connectivity index (χ2n) is 8.91. The molecule has 0 aliphatic carbocycles. The summed E-state index contributed by atoms with van der Waals surface area (Å²) in [6, 6.07) is 29.4. The minimum absolute atomic E-state index is 0. The lowest BCUT2D eigenvalue weighted by Gasteiger charge is -2.07. The number of para-hydroxylation sites is 3. The fourth-order valence-electron chi connectivity index (χ4n) is 3.22. The minimum atomic E-state index is -0.833. The SMILES string of the molecule is CC(=O)O.COc1ccc(C(C)=O)cc1.COc1ccc(C(C)=O)cc1OC.COc1ccccc1.COc1ccccc1OC.O=CO.[CH3+]. The number of benzene rings is 4. The van der Waals surface area contributed by atoms with E-state index in [2.05, 4.69) is 0 Å². The number of methoxy groups -OCH3 is 6. The van der Waals surface area contributed by atoms with Crippen molar-refractivity contribution in [3.8, 4) is 34.5 Å². The number of Topliss-reactive ketones (excluding diaryl/α,β-unsaturated/α-hetero) is 2. The Morgan fingerprint density at radius 1 is 0.500 bits per heavy atom. The van der Waals surface area contributed by atoms with Crippen molar-refractivity contribution in [3.05, 3.63) is 116 Å². The van der Waals surface area contributed by atoms with Gasteiger partial charge < -0.3 is 38.6 Å². The number of ketones is 2. The zero-order chi connectivity index (χ0) is 37.6. The smallest absolute Gasteiger partial charge is 0.300 e. The lowest BCUT2D eigenvalue weighted by Crippen LogP contribution is -1.95. The third-order valence-corrected chi connectivity index (χ3v) is 5.55. The van der Waals surface area contributed by atoms with Gasteiger partial charge in [0.15, 0.2) is 34.6 Å². The van der Waals surface area contributed by atoms with Crippen molar-refractivity contribution < 1.29 is 57.8 Å². The van der Waals surface area contributed by atoms with Crippen molar-refractivity contribution in [2.45, 2.75) is 20.8 Å². The molecular weight excluding hydrogens is 648 g/mol. The standard InChI is InChI=1S/C10H12O3.C9H10O2.C8H10O2.C7H8O.C2H4O2.CH2O2.CH3/c1-7(11)8-4-5-9(12-2)10(6-8)13-3;1-7(10)8-3-5-9(11-2)6-4-8;1-9-7-5-3-4-6-8(7)10-2;1-8-7-5-3-2-4-6-7;1-2(3)4;2-1-3;/h4-6H,1-3H3;3-6H,1-2H3;3-6H,1-2H3;2-6H,1H3;1H3,(H,3,4);1H,(H,2,3);1H3/q;;;;;;+1. The van der Waals surface area contributed by atoms with Gasteiger partial charge in [-0.05, 0) is 80.6 Å². The van der Waals surface area contributed by atoms with E-state index in [1.807, 2.05) is 54.6 Å². The molecule has 0 bridgehead atoms. The first-order valence-electron chi connectivity index (χ1n) is 14.3. The van der Waals surface area contributed by atoms with Crippen molar-refractivity contribution in [3.63, 3.8) is 0 Å². The molecule has 2 N–H and O–H groups in total. The summed E-state index contributed by atoms with van der Waals surface area (Å²) in [7, 11) is 9.61. The molecule has 0 saturated heterocycles. The lowest BCUT2D eigenvalue weighted by molar-refractivity contribution is -0.134. The third-order valence-electron chi connectivity index (χ3n) is 5.55. The van der Waals surface area contributed by atoms with E-state index in [1.165, 1.54) is 6.92 Å². The molecule has 0 aromatic heterocycles. The number of carbonyl (C=O) groups excluding carboxylic acids is 2. The van der Waals surface area contributed by atoms with Gasteiger partial charge in [0.05, 0.1) is 42.7 Å². The highest BCUT2D eigenvalue weighted by Gasteiger charge is 2.06. The molecule has 0 radical (unpaired) electrons. The van der Waals surface area contributed by atoms with E-state index < -0.39 is 5.97 Å². The maximum atomic E-state index is 11.0. The fraction of sp³-hybridized carbons (Fsp3) is 0.237. The number of hydrogen-bond donors (Lipinski definition) is 2. The maximum Gasteiger partial charge on any atom is 0.300 e. The monoisotopic (exact) mass is 697 g/mol. The summed E-state index contributed by atoms with van der Waals surface area (Å²) in [4.78, 5) is 39.2. The lowest BCUT2D eigenvalue weighted by atomic mass is 10.1. The van der Waals surface area contributed by atoms with Gasteiger partial charge in [-0.3, -0.25) is 19.2 Å². The molecule has 12 heteroatoms. The molecule has 0 amide bonds. The molecule has 12 nitrogen and oxygen atoms in total. The Bertz CT molecular complexity index is 1460. The zero-order valence-corrected chi connectivity index (χ0v) is 30.3. The van der Waals surface area contributed by atoms with Gasteiger partial charge in [0.25, 0.3) is 12.4 Å². The summed E-state index contributed by atoms with van der Waals surface area (Å²) in [6.07, 6.45) is 0. The van der Waals surface area contributed by atoms with Crippen LogP contribution in [0.2, 0.25) is 0 Å². The van der Waals surface area contributed by atoms with Gasteiger partial charge in [0, 0.05) is 25.5 Å². The molecule has 0 atom stereocenters. The first-order chi connectivity index (χ1) is 23.4. The van der Waals surface area contributed by atoms with Crippen LogP contribution < -0.4 is 28.4 Å². The number of carbonyl (C=O) groups is 4. The third kappa shape index (κ3) is 22.4. The van der Waals surface area contributed by atoms with Gasteiger partial charge in [0.1, 0.15) is 11.5 Å². The number of rotatable bonds is 8. The fourth-order valence-corrected chi connectivity index (χ4v) is 3.22. The first-order valence-corrected chi connectivity index (χ1v) is 14.3. The molecule has 0 unspecified atom stereocenters.